The molecule has 0 saturated carbocycles. The lowest BCUT2D eigenvalue weighted by atomic mass is 10.2. The molecular weight excluding hydrogens is 247 g/mol. The molecule has 2 rings (SSSR count). The Morgan fingerprint density at radius 3 is 2.56 bits per heavy atom. The van der Waals surface area contributed by atoms with Crippen LogP contribution in [0.1, 0.15) is 16.1 Å². The Labute approximate surface area is 100 Å². The van der Waals surface area contributed by atoms with Crippen LogP contribution in [-0.2, 0) is 0 Å². The third-order valence-corrected chi connectivity index (χ3v) is 2.35. The second-order valence-electron chi connectivity index (χ2n) is 3.66. The molecule has 7 heteroatoms. The highest BCUT2D eigenvalue weighted by atomic mass is 19.4. The van der Waals surface area contributed by atoms with Gasteiger partial charge in [0, 0.05) is 0 Å². The molecule has 0 spiro atoms. The van der Waals surface area contributed by atoms with Gasteiger partial charge in [0.2, 0.25) is 0 Å². The monoisotopic (exact) mass is 255 g/mol. The van der Waals surface area contributed by atoms with E-state index in [1.54, 1.807) is 31.2 Å². The number of aromatic nitrogens is 3. The summed E-state index contributed by atoms with van der Waals surface area (Å²) in [6.45, 7) is 1.78. The van der Waals surface area contributed by atoms with Crippen molar-refractivity contribution in [2.45, 2.75) is 13.1 Å². The van der Waals surface area contributed by atoms with Crippen LogP contribution >= 0.6 is 0 Å². The molecule has 0 amide bonds. The van der Waals surface area contributed by atoms with Crippen molar-refractivity contribution in [2.24, 2.45) is 0 Å². The van der Waals surface area contributed by atoms with E-state index in [1.807, 2.05) is 0 Å². The molecule has 0 aliphatic heterocycles. The summed E-state index contributed by atoms with van der Waals surface area (Å²) in [5, 5.41) is 6.77. The van der Waals surface area contributed by atoms with Gasteiger partial charge < -0.3 is 0 Å². The highest BCUT2D eigenvalue weighted by Gasteiger charge is 2.41. The van der Waals surface area contributed by atoms with E-state index in [1.165, 1.54) is 0 Å². The first-order valence-electron chi connectivity index (χ1n) is 4.99. The van der Waals surface area contributed by atoms with Crippen LogP contribution in [0.4, 0.5) is 13.2 Å². The van der Waals surface area contributed by atoms with Gasteiger partial charge in [0.25, 0.3) is 5.78 Å². The number of Topliss-reactive ketones (excluding diaryl/α,β-unsaturated/α-hetero) is 1. The zero-order valence-electron chi connectivity index (χ0n) is 9.27. The first kappa shape index (κ1) is 12.3. The lowest BCUT2D eigenvalue weighted by molar-refractivity contribution is -0.0888. The zero-order chi connectivity index (χ0) is 13.3. The summed E-state index contributed by atoms with van der Waals surface area (Å²) in [4.78, 5) is 11.0. The van der Waals surface area contributed by atoms with Crippen LogP contribution in [0.15, 0.2) is 30.5 Å². The summed E-state index contributed by atoms with van der Waals surface area (Å²) in [7, 11) is 0. The zero-order valence-corrected chi connectivity index (χ0v) is 9.27. The van der Waals surface area contributed by atoms with Crippen LogP contribution < -0.4 is 0 Å². The van der Waals surface area contributed by atoms with Gasteiger partial charge in [0.15, 0.2) is 5.69 Å². The molecule has 0 atom stereocenters. The molecule has 1 aromatic carbocycles. The number of alkyl halides is 3. The maximum Gasteiger partial charge on any atom is 0.456 e. The molecule has 0 aliphatic rings. The Morgan fingerprint density at radius 1 is 1.28 bits per heavy atom. The normalized spacial score (nSPS) is 11.6. The fraction of sp³-hybridized carbons (Fsp3) is 0.182. The second kappa shape index (κ2) is 4.25. The molecule has 2 aromatic rings. The summed E-state index contributed by atoms with van der Waals surface area (Å²) >= 11 is 0. The van der Waals surface area contributed by atoms with Gasteiger partial charge in [-0.25, -0.2) is 4.68 Å². The topological polar surface area (TPSA) is 47.8 Å². The van der Waals surface area contributed by atoms with E-state index in [-0.39, 0.29) is 0 Å². The number of carbonyl (C=O) groups excluding carboxylic acids is 1. The fourth-order valence-corrected chi connectivity index (χ4v) is 1.45. The first-order chi connectivity index (χ1) is 8.39. The number of hydrogen-bond donors (Lipinski definition) is 0. The number of ketones is 1. The summed E-state index contributed by atoms with van der Waals surface area (Å²) in [6.07, 6.45) is -3.97. The quantitative estimate of drug-likeness (QED) is 0.774. The third kappa shape index (κ3) is 2.24. The maximum absolute atomic E-state index is 12.2. The van der Waals surface area contributed by atoms with Crippen molar-refractivity contribution in [1.29, 1.82) is 0 Å². The smallest absolute Gasteiger partial charge is 0.282 e. The molecule has 1 aromatic heterocycles. The van der Waals surface area contributed by atoms with Gasteiger partial charge in [0.05, 0.1) is 11.9 Å². The minimum absolute atomic E-state index is 0.575. The number of rotatable bonds is 2. The fourth-order valence-electron chi connectivity index (χ4n) is 1.45. The number of para-hydroxylation sites is 1. The first-order valence-corrected chi connectivity index (χ1v) is 4.99. The van der Waals surface area contributed by atoms with Crippen molar-refractivity contribution in [1.82, 2.24) is 15.0 Å². The van der Waals surface area contributed by atoms with E-state index >= 15 is 0 Å². The molecule has 0 fully saturated rings. The standard InChI is InChI=1S/C11H8F3N3O/c1-7-4-2-3-5-9(7)17-6-8(15-16-17)10(18)11(12,13)14/h2-6H,1H3. The van der Waals surface area contributed by atoms with Crippen LogP contribution in [0, 0.1) is 6.92 Å². The average molecular weight is 255 g/mol. The van der Waals surface area contributed by atoms with E-state index in [0.717, 1.165) is 16.4 Å². The van der Waals surface area contributed by atoms with Gasteiger partial charge in [-0.3, -0.25) is 4.79 Å². The summed E-state index contributed by atoms with van der Waals surface area (Å²) in [5.41, 5.74) is 0.672. The summed E-state index contributed by atoms with van der Waals surface area (Å²) in [5.74, 6) is -2.00. The SMILES string of the molecule is Cc1ccccc1-n1cc(C(=O)C(F)(F)F)nn1. The second-order valence-corrected chi connectivity index (χ2v) is 3.66. The Balaban J connectivity index is 2.38. The van der Waals surface area contributed by atoms with Crippen molar-refractivity contribution in [3.8, 4) is 5.69 Å². The molecule has 0 radical (unpaired) electrons. The van der Waals surface area contributed by atoms with E-state index in [4.69, 9.17) is 0 Å². The lowest BCUT2D eigenvalue weighted by Gasteiger charge is -2.03. The van der Waals surface area contributed by atoms with E-state index in [9.17, 15) is 18.0 Å². The molecule has 0 aliphatic carbocycles. The summed E-state index contributed by atoms with van der Waals surface area (Å²) < 4.78 is 37.7. The molecule has 0 bridgehead atoms. The van der Waals surface area contributed by atoms with E-state index < -0.39 is 17.7 Å². The van der Waals surface area contributed by atoms with Crippen molar-refractivity contribution >= 4 is 5.78 Å². The van der Waals surface area contributed by atoms with E-state index in [0.29, 0.717) is 5.69 Å². The van der Waals surface area contributed by atoms with Crippen LogP contribution in [0.2, 0.25) is 0 Å². The molecule has 18 heavy (non-hydrogen) atoms. The number of benzene rings is 1. The van der Waals surface area contributed by atoms with Gasteiger partial charge in [-0.05, 0) is 18.6 Å². The number of aryl methyl sites for hydroxylation is 1. The van der Waals surface area contributed by atoms with Crippen molar-refractivity contribution in [2.75, 3.05) is 0 Å². The van der Waals surface area contributed by atoms with E-state index in [2.05, 4.69) is 10.3 Å². The minimum atomic E-state index is -4.94. The predicted octanol–water partition coefficient (Wildman–Crippen LogP) is 2.32. The van der Waals surface area contributed by atoms with Gasteiger partial charge in [-0.1, -0.05) is 23.4 Å². The van der Waals surface area contributed by atoms with Crippen molar-refractivity contribution in [3.05, 3.63) is 41.7 Å². The lowest BCUT2D eigenvalue weighted by Crippen LogP contribution is -2.23. The minimum Gasteiger partial charge on any atom is -0.282 e. The van der Waals surface area contributed by atoms with Gasteiger partial charge in [-0.2, -0.15) is 13.2 Å². The Kier molecular flexibility index (Phi) is 2.90. The van der Waals surface area contributed by atoms with Crippen LogP contribution in [0.25, 0.3) is 5.69 Å². The average Bonchev–Trinajstić information content (AvgIpc) is 2.76. The van der Waals surface area contributed by atoms with Crippen LogP contribution in [0.5, 0.6) is 0 Å². The van der Waals surface area contributed by atoms with Gasteiger partial charge >= 0.3 is 6.18 Å². The Hall–Kier alpha value is -2.18. The Morgan fingerprint density at radius 2 is 1.94 bits per heavy atom. The highest BCUT2D eigenvalue weighted by Crippen LogP contribution is 2.21. The molecule has 0 saturated heterocycles. The van der Waals surface area contributed by atoms with Crippen molar-refractivity contribution < 1.29 is 18.0 Å². The molecule has 0 unspecified atom stereocenters. The molecule has 1 heterocycles. The molecule has 94 valence electrons. The van der Waals surface area contributed by atoms with Gasteiger partial charge in [0.1, 0.15) is 0 Å². The number of nitrogens with zero attached hydrogens (tertiary/aromatic N) is 3. The van der Waals surface area contributed by atoms with Crippen LogP contribution in [-0.4, -0.2) is 27.0 Å². The number of hydrogen-bond acceptors (Lipinski definition) is 3. The molecule has 4 nitrogen and oxygen atoms in total. The maximum atomic E-state index is 12.2. The molecule has 0 N–H and O–H groups in total. The largest absolute Gasteiger partial charge is 0.456 e. The predicted molar refractivity (Wildman–Crippen MR) is 56.5 cm³/mol. The Bertz CT molecular complexity index is 589. The molecular formula is C11H8F3N3O. The van der Waals surface area contributed by atoms with Crippen molar-refractivity contribution in [3.63, 3.8) is 0 Å². The highest BCUT2D eigenvalue weighted by molar-refractivity contribution is 5.98. The number of carbonyl (C=O) groups is 1. The third-order valence-electron chi connectivity index (χ3n) is 2.35. The summed E-state index contributed by atoms with van der Waals surface area (Å²) in [6, 6.07) is 6.96. The van der Waals surface area contributed by atoms with Crippen LogP contribution in [0.3, 0.4) is 0 Å². The number of halogens is 3. The van der Waals surface area contributed by atoms with Gasteiger partial charge in [-0.15, -0.1) is 5.10 Å².